The highest BCUT2D eigenvalue weighted by molar-refractivity contribution is 14.1. The third-order valence-electron chi connectivity index (χ3n) is 5.73. The molecule has 0 saturated heterocycles. The number of nitrogen functional groups attached to an aromatic ring is 1. The second-order valence-corrected chi connectivity index (χ2v) is 10.1. The van der Waals surface area contributed by atoms with E-state index < -0.39 is 0 Å². The summed E-state index contributed by atoms with van der Waals surface area (Å²) in [5.41, 5.74) is 13.3. The monoisotopic (exact) mass is 534 g/mol. The van der Waals surface area contributed by atoms with Crippen LogP contribution in [0.1, 0.15) is 25.3 Å². The van der Waals surface area contributed by atoms with E-state index in [4.69, 9.17) is 10.7 Å². The van der Waals surface area contributed by atoms with Crippen molar-refractivity contribution < 1.29 is 0 Å². The fourth-order valence-electron chi connectivity index (χ4n) is 4.06. The van der Waals surface area contributed by atoms with E-state index in [0.29, 0.717) is 0 Å². The number of benzene rings is 4. The van der Waals surface area contributed by atoms with E-state index >= 15 is 0 Å². The minimum Gasteiger partial charge on any atom is -0.398 e. The van der Waals surface area contributed by atoms with Crippen LogP contribution in [-0.2, 0) is 6.42 Å². The highest BCUT2D eigenvalue weighted by Gasteiger charge is 2.16. The summed E-state index contributed by atoms with van der Waals surface area (Å²) in [5, 5.41) is 3.23. The highest BCUT2D eigenvalue weighted by atomic mass is 127. The van der Waals surface area contributed by atoms with E-state index in [1.54, 1.807) is 11.3 Å². The number of nitrogens with zero attached hydrogens (tertiary/aromatic N) is 1. The normalized spacial score (nSPS) is 11.4. The highest BCUT2D eigenvalue weighted by Crippen LogP contribution is 2.40. The molecule has 0 aliphatic rings. The zero-order valence-electron chi connectivity index (χ0n) is 17.4. The molecule has 31 heavy (non-hydrogen) atoms. The zero-order chi connectivity index (χ0) is 21.4. The number of aryl methyl sites for hydroxylation is 1. The lowest BCUT2D eigenvalue weighted by Crippen LogP contribution is -1.91. The number of nitrogens with two attached hydrogens (primary N) is 1. The summed E-state index contributed by atoms with van der Waals surface area (Å²) in [5.74, 6) is 0. The van der Waals surface area contributed by atoms with Crippen LogP contribution in [0, 0.1) is 3.57 Å². The first-order valence-corrected chi connectivity index (χ1v) is 12.5. The molecule has 0 aliphatic heterocycles. The van der Waals surface area contributed by atoms with Gasteiger partial charge in [-0.1, -0.05) is 55.8 Å². The average molecular weight is 534 g/mol. The number of aromatic nitrogens is 1. The number of hydrogen-bond donors (Lipinski definition) is 1. The second kappa shape index (κ2) is 8.60. The van der Waals surface area contributed by atoms with Crippen molar-refractivity contribution in [2.75, 3.05) is 5.73 Å². The van der Waals surface area contributed by atoms with Gasteiger partial charge in [-0.05, 0) is 82.3 Å². The van der Waals surface area contributed by atoms with Crippen LogP contribution in [-0.4, -0.2) is 4.98 Å². The molecule has 1 heterocycles. The van der Waals surface area contributed by atoms with Crippen molar-refractivity contribution in [3.05, 3.63) is 81.9 Å². The maximum Gasteiger partial charge on any atom is 0.126 e. The Bertz CT molecular complexity index is 1390. The number of unbranched alkanes of at least 4 members (excludes halogenated alkanes) is 1. The smallest absolute Gasteiger partial charge is 0.126 e. The number of thiazole rings is 1. The van der Waals surface area contributed by atoms with Gasteiger partial charge in [-0.2, -0.15) is 0 Å². The van der Waals surface area contributed by atoms with E-state index in [2.05, 4.69) is 90.2 Å². The Morgan fingerprint density at radius 2 is 1.74 bits per heavy atom. The van der Waals surface area contributed by atoms with Crippen molar-refractivity contribution in [2.24, 2.45) is 0 Å². The Kier molecular flexibility index (Phi) is 5.67. The standard InChI is InChI=1S/C27H23IN2S/c1-2-3-6-17-15-23(19-9-12-20(28)13-10-19)26-24(16-17)31-27(30-26)22-14-11-18-7-4-5-8-21(18)25(22)29/h4-5,7-16H,2-3,6,29H2,1H3. The average Bonchev–Trinajstić information content (AvgIpc) is 3.22. The molecule has 0 saturated carbocycles. The molecule has 154 valence electrons. The van der Waals surface area contributed by atoms with Crippen LogP contribution in [0.5, 0.6) is 0 Å². The van der Waals surface area contributed by atoms with Gasteiger partial charge in [0.1, 0.15) is 5.01 Å². The van der Waals surface area contributed by atoms with Crippen molar-refractivity contribution in [1.29, 1.82) is 0 Å². The zero-order valence-corrected chi connectivity index (χ0v) is 20.3. The van der Waals surface area contributed by atoms with Crippen LogP contribution in [0.3, 0.4) is 0 Å². The second-order valence-electron chi connectivity index (χ2n) is 7.87. The molecule has 0 amide bonds. The fourth-order valence-corrected chi connectivity index (χ4v) is 5.51. The molecule has 4 heteroatoms. The molecule has 0 unspecified atom stereocenters. The molecule has 0 spiro atoms. The van der Waals surface area contributed by atoms with Gasteiger partial charge in [0.2, 0.25) is 0 Å². The van der Waals surface area contributed by atoms with Crippen LogP contribution in [0.25, 0.3) is 42.7 Å². The fraction of sp³-hybridized carbons (Fsp3) is 0.148. The number of fused-ring (bicyclic) bond motifs is 2. The van der Waals surface area contributed by atoms with E-state index in [1.165, 1.54) is 37.8 Å². The van der Waals surface area contributed by atoms with Crippen molar-refractivity contribution in [3.8, 4) is 21.7 Å². The lowest BCUT2D eigenvalue weighted by molar-refractivity contribution is 0.796. The van der Waals surface area contributed by atoms with Crippen LogP contribution in [0.4, 0.5) is 5.69 Å². The Balaban J connectivity index is 1.70. The molecule has 2 N–H and O–H groups in total. The molecule has 4 aromatic carbocycles. The Morgan fingerprint density at radius 1 is 0.935 bits per heavy atom. The predicted molar refractivity (Wildman–Crippen MR) is 144 cm³/mol. The molecule has 0 radical (unpaired) electrons. The lowest BCUT2D eigenvalue weighted by atomic mass is 9.99. The molecular weight excluding hydrogens is 511 g/mol. The van der Waals surface area contributed by atoms with E-state index in [0.717, 1.165) is 39.0 Å². The van der Waals surface area contributed by atoms with Gasteiger partial charge in [-0.25, -0.2) is 4.98 Å². The number of anilines is 1. The quantitative estimate of drug-likeness (QED) is 0.182. The minimum absolute atomic E-state index is 0.805. The van der Waals surface area contributed by atoms with E-state index in [1.807, 2.05) is 12.1 Å². The summed E-state index contributed by atoms with van der Waals surface area (Å²) in [6.07, 6.45) is 3.48. The summed E-state index contributed by atoms with van der Waals surface area (Å²) >= 11 is 4.09. The van der Waals surface area contributed by atoms with Crippen LogP contribution in [0.2, 0.25) is 0 Å². The van der Waals surface area contributed by atoms with Crippen molar-refractivity contribution >= 4 is 60.6 Å². The van der Waals surface area contributed by atoms with Crippen molar-refractivity contribution in [3.63, 3.8) is 0 Å². The molecule has 5 aromatic rings. The minimum atomic E-state index is 0.805. The van der Waals surface area contributed by atoms with Gasteiger partial charge >= 0.3 is 0 Å². The molecular formula is C27H23IN2S. The first-order chi connectivity index (χ1) is 15.1. The van der Waals surface area contributed by atoms with Crippen molar-refractivity contribution in [1.82, 2.24) is 4.98 Å². The molecule has 0 bridgehead atoms. The summed E-state index contributed by atoms with van der Waals surface area (Å²) in [6.45, 7) is 2.24. The van der Waals surface area contributed by atoms with Crippen LogP contribution in [0.15, 0.2) is 72.8 Å². The summed E-state index contributed by atoms with van der Waals surface area (Å²) in [7, 11) is 0. The van der Waals surface area contributed by atoms with Crippen LogP contribution >= 0.6 is 33.9 Å². The molecule has 0 atom stereocenters. The van der Waals surface area contributed by atoms with Gasteiger partial charge in [0.15, 0.2) is 0 Å². The molecule has 0 fully saturated rings. The largest absolute Gasteiger partial charge is 0.398 e. The number of halogens is 1. The SMILES string of the molecule is CCCCc1cc(-c2ccc(I)cc2)c2nc(-c3ccc4ccccc4c3N)sc2c1. The Hall–Kier alpha value is -2.44. The van der Waals surface area contributed by atoms with Gasteiger partial charge < -0.3 is 5.73 Å². The first-order valence-electron chi connectivity index (χ1n) is 10.6. The van der Waals surface area contributed by atoms with Gasteiger partial charge in [0.05, 0.1) is 10.2 Å². The van der Waals surface area contributed by atoms with E-state index in [9.17, 15) is 0 Å². The molecule has 5 rings (SSSR count). The summed E-state index contributed by atoms with van der Waals surface area (Å²) in [4.78, 5) is 5.11. The Morgan fingerprint density at radius 3 is 2.55 bits per heavy atom. The third kappa shape index (κ3) is 3.94. The predicted octanol–water partition coefficient (Wildman–Crippen LogP) is 8.31. The maximum absolute atomic E-state index is 6.60. The summed E-state index contributed by atoms with van der Waals surface area (Å²) < 4.78 is 2.47. The number of rotatable bonds is 5. The molecule has 2 nitrogen and oxygen atoms in total. The van der Waals surface area contributed by atoms with Crippen LogP contribution < -0.4 is 5.73 Å². The van der Waals surface area contributed by atoms with Gasteiger partial charge in [0, 0.05) is 25.8 Å². The topological polar surface area (TPSA) is 38.9 Å². The molecule has 1 aromatic heterocycles. The van der Waals surface area contributed by atoms with Gasteiger partial charge in [0.25, 0.3) is 0 Å². The summed E-state index contributed by atoms with van der Waals surface area (Å²) in [6, 6.07) is 25.9. The van der Waals surface area contributed by atoms with E-state index in [-0.39, 0.29) is 0 Å². The van der Waals surface area contributed by atoms with Gasteiger partial charge in [-0.15, -0.1) is 11.3 Å². The van der Waals surface area contributed by atoms with Gasteiger partial charge in [-0.3, -0.25) is 0 Å². The number of hydrogen-bond acceptors (Lipinski definition) is 3. The Labute approximate surface area is 200 Å². The van der Waals surface area contributed by atoms with Crippen molar-refractivity contribution in [2.45, 2.75) is 26.2 Å². The molecule has 0 aliphatic carbocycles. The lowest BCUT2D eigenvalue weighted by Gasteiger charge is -2.08. The maximum atomic E-state index is 6.60. The first kappa shape index (κ1) is 20.5. The third-order valence-corrected chi connectivity index (χ3v) is 7.48.